The van der Waals surface area contributed by atoms with Gasteiger partial charge in [0.05, 0.1) is 14.2 Å². The molecule has 0 bridgehead atoms. The molecule has 1 fully saturated rings. The van der Waals surface area contributed by atoms with E-state index in [4.69, 9.17) is 9.47 Å². The third kappa shape index (κ3) is 4.00. The van der Waals surface area contributed by atoms with Gasteiger partial charge < -0.3 is 14.4 Å². The van der Waals surface area contributed by atoms with Crippen LogP contribution in [-0.4, -0.2) is 43.6 Å². The average molecular weight is 305 g/mol. The first kappa shape index (κ1) is 16.3. The molecule has 1 aromatic rings. The molecule has 0 saturated carbocycles. The van der Waals surface area contributed by atoms with Crippen molar-refractivity contribution in [2.75, 3.05) is 20.8 Å². The number of ether oxygens (including phenoxy) is 2. The molecule has 1 amide bonds. The Morgan fingerprint density at radius 3 is 2.82 bits per heavy atom. The molecule has 2 rings (SSSR count). The van der Waals surface area contributed by atoms with E-state index in [1.54, 1.807) is 12.0 Å². The first-order valence-corrected chi connectivity index (χ1v) is 7.66. The highest BCUT2D eigenvalue weighted by Gasteiger charge is 2.32. The largest absolute Gasteiger partial charge is 0.497 e. The summed E-state index contributed by atoms with van der Waals surface area (Å²) >= 11 is 0. The molecule has 1 heterocycles. The number of carbonyl (C=O) groups excluding carboxylic acids is 2. The Bertz CT molecular complexity index is 529. The number of methoxy groups -OCH3 is 2. The first-order chi connectivity index (χ1) is 10.7. The maximum atomic E-state index is 12.4. The molecule has 1 unspecified atom stereocenters. The fourth-order valence-electron chi connectivity index (χ4n) is 2.83. The zero-order chi connectivity index (χ0) is 15.9. The third-order valence-electron chi connectivity index (χ3n) is 4.06. The molecule has 0 radical (unpaired) electrons. The lowest BCUT2D eigenvalue weighted by Gasteiger charge is -2.33. The van der Waals surface area contributed by atoms with Crippen LogP contribution in [0.2, 0.25) is 0 Å². The lowest BCUT2D eigenvalue weighted by atomic mass is 10.0. The second-order valence-electron chi connectivity index (χ2n) is 5.47. The number of hydrogen-bond donors (Lipinski definition) is 0. The molecule has 0 spiro atoms. The van der Waals surface area contributed by atoms with Crippen molar-refractivity contribution < 1.29 is 19.1 Å². The number of esters is 1. The summed E-state index contributed by atoms with van der Waals surface area (Å²) in [6.07, 6.45) is 3.62. The molecule has 1 aliphatic rings. The van der Waals surface area contributed by atoms with Crippen LogP contribution in [0.4, 0.5) is 0 Å². The van der Waals surface area contributed by atoms with Crippen LogP contribution in [0.3, 0.4) is 0 Å². The van der Waals surface area contributed by atoms with Gasteiger partial charge >= 0.3 is 5.97 Å². The fraction of sp³-hybridized carbons (Fsp3) is 0.529. The predicted molar refractivity (Wildman–Crippen MR) is 82.7 cm³/mol. The fourth-order valence-corrected chi connectivity index (χ4v) is 2.83. The highest BCUT2D eigenvalue weighted by Crippen LogP contribution is 2.20. The second kappa shape index (κ2) is 7.82. The van der Waals surface area contributed by atoms with Crippen molar-refractivity contribution in [2.45, 2.75) is 38.1 Å². The van der Waals surface area contributed by atoms with Crippen LogP contribution >= 0.6 is 0 Å². The monoisotopic (exact) mass is 305 g/mol. The zero-order valence-corrected chi connectivity index (χ0v) is 13.2. The van der Waals surface area contributed by atoms with Crippen molar-refractivity contribution >= 4 is 11.9 Å². The van der Waals surface area contributed by atoms with Gasteiger partial charge in [-0.25, -0.2) is 4.79 Å². The third-order valence-corrected chi connectivity index (χ3v) is 4.06. The van der Waals surface area contributed by atoms with Gasteiger partial charge in [0.1, 0.15) is 11.8 Å². The predicted octanol–water partition coefficient (Wildman–Crippen LogP) is 2.18. The average Bonchev–Trinajstić information content (AvgIpc) is 2.59. The molecule has 22 heavy (non-hydrogen) atoms. The number of benzene rings is 1. The van der Waals surface area contributed by atoms with Crippen molar-refractivity contribution in [1.82, 2.24) is 4.90 Å². The Balaban J connectivity index is 1.96. The van der Waals surface area contributed by atoms with E-state index in [1.807, 2.05) is 24.3 Å². The number of amides is 1. The van der Waals surface area contributed by atoms with Crippen molar-refractivity contribution in [3.8, 4) is 5.75 Å². The van der Waals surface area contributed by atoms with Crippen molar-refractivity contribution in [3.63, 3.8) is 0 Å². The van der Waals surface area contributed by atoms with Crippen LogP contribution in [-0.2, 0) is 20.7 Å². The number of rotatable bonds is 5. The summed E-state index contributed by atoms with van der Waals surface area (Å²) in [6.45, 7) is 0.636. The Hall–Kier alpha value is -2.04. The molecular weight excluding hydrogens is 282 g/mol. The van der Waals surface area contributed by atoms with E-state index in [9.17, 15) is 9.59 Å². The van der Waals surface area contributed by atoms with Crippen LogP contribution in [0.1, 0.15) is 31.2 Å². The Morgan fingerprint density at radius 2 is 2.09 bits per heavy atom. The second-order valence-corrected chi connectivity index (χ2v) is 5.47. The summed E-state index contributed by atoms with van der Waals surface area (Å²) in [4.78, 5) is 25.9. The van der Waals surface area contributed by atoms with Gasteiger partial charge in [0.25, 0.3) is 0 Å². The molecule has 1 aromatic carbocycles. The summed E-state index contributed by atoms with van der Waals surface area (Å²) in [6, 6.07) is 7.28. The van der Waals surface area contributed by atoms with Gasteiger partial charge in [0.15, 0.2) is 0 Å². The molecule has 1 saturated heterocycles. The molecule has 120 valence electrons. The minimum Gasteiger partial charge on any atom is -0.497 e. The van der Waals surface area contributed by atoms with Crippen molar-refractivity contribution in [2.24, 2.45) is 0 Å². The van der Waals surface area contributed by atoms with E-state index < -0.39 is 6.04 Å². The van der Waals surface area contributed by atoms with Gasteiger partial charge in [-0.2, -0.15) is 0 Å². The number of likely N-dealkylation sites (tertiary alicyclic amines) is 1. The van der Waals surface area contributed by atoms with Crippen LogP contribution in [0, 0.1) is 0 Å². The normalized spacial score (nSPS) is 17.9. The summed E-state index contributed by atoms with van der Waals surface area (Å²) < 4.78 is 10.00. The van der Waals surface area contributed by atoms with E-state index in [0.29, 0.717) is 25.8 Å². The van der Waals surface area contributed by atoms with E-state index in [2.05, 4.69) is 0 Å². The van der Waals surface area contributed by atoms with Crippen LogP contribution in [0.5, 0.6) is 5.75 Å². The number of piperidine rings is 1. The lowest BCUT2D eigenvalue weighted by molar-refractivity contribution is -0.154. The van der Waals surface area contributed by atoms with Crippen molar-refractivity contribution in [1.29, 1.82) is 0 Å². The van der Waals surface area contributed by atoms with Gasteiger partial charge in [-0.15, -0.1) is 0 Å². The minimum absolute atomic E-state index is 0.0120. The Kier molecular flexibility index (Phi) is 5.81. The molecule has 0 N–H and O–H groups in total. The smallest absolute Gasteiger partial charge is 0.328 e. The SMILES string of the molecule is COC(=O)C1CCCCN1C(=O)CCc1cccc(OC)c1. The zero-order valence-electron chi connectivity index (χ0n) is 13.2. The van der Waals surface area contributed by atoms with Gasteiger partial charge in [0.2, 0.25) is 5.91 Å². The molecule has 1 atom stereocenters. The standard InChI is InChI=1S/C17H23NO4/c1-21-14-7-5-6-13(12-14)9-10-16(19)18-11-4-3-8-15(18)17(20)22-2/h5-7,12,15H,3-4,8-11H2,1-2H3. The summed E-state index contributed by atoms with van der Waals surface area (Å²) in [5.74, 6) is 0.489. The quantitative estimate of drug-likeness (QED) is 0.782. The van der Waals surface area contributed by atoms with Gasteiger partial charge in [-0.3, -0.25) is 4.79 Å². The minimum atomic E-state index is -0.420. The molecular formula is C17H23NO4. The topological polar surface area (TPSA) is 55.8 Å². The highest BCUT2D eigenvalue weighted by molar-refractivity contribution is 5.84. The lowest BCUT2D eigenvalue weighted by Crippen LogP contribution is -2.48. The first-order valence-electron chi connectivity index (χ1n) is 7.66. The molecule has 0 aromatic heterocycles. The van der Waals surface area contributed by atoms with E-state index in [-0.39, 0.29) is 11.9 Å². The van der Waals surface area contributed by atoms with E-state index in [0.717, 1.165) is 24.2 Å². The van der Waals surface area contributed by atoms with Gasteiger partial charge in [-0.05, 0) is 43.4 Å². The summed E-state index contributed by atoms with van der Waals surface area (Å²) in [7, 11) is 2.99. The number of hydrogen-bond acceptors (Lipinski definition) is 4. The number of aryl methyl sites for hydroxylation is 1. The molecule has 5 heteroatoms. The number of carbonyl (C=O) groups is 2. The Morgan fingerprint density at radius 1 is 1.27 bits per heavy atom. The maximum absolute atomic E-state index is 12.4. The Labute approximate surface area is 131 Å². The van der Waals surface area contributed by atoms with E-state index in [1.165, 1.54) is 7.11 Å². The summed E-state index contributed by atoms with van der Waals surface area (Å²) in [5, 5.41) is 0. The summed E-state index contributed by atoms with van der Waals surface area (Å²) in [5.41, 5.74) is 1.05. The van der Waals surface area contributed by atoms with Crippen LogP contribution in [0.25, 0.3) is 0 Å². The van der Waals surface area contributed by atoms with Crippen LogP contribution in [0.15, 0.2) is 24.3 Å². The van der Waals surface area contributed by atoms with Crippen LogP contribution < -0.4 is 4.74 Å². The number of nitrogens with zero attached hydrogens (tertiary/aromatic N) is 1. The molecule has 5 nitrogen and oxygen atoms in total. The van der Waals surface area contributed by atoms with Crippen molar-refractivity contribution in [3.05, 3.63) is 29.8 Å². The van der Waals surface area contributed by atoms with Gasteiger partial charge in [0, 0.05) is 13.0 Å². The highest BCUT2D eigenvalue weighted by atomic mass is 16.5. The molecule has 1 aliphatic heterocycles. The van der Waals surface area contributed by atoms with E-state index >= 15 is 0 Å². The van der Waals surface area contributed by atoms with Gasteiger partial charge in [-0.1, -0.05) is 12.1 Å². The molecule has 0 aliphatic carbocycles. The maximum Gasteiger partial charge on any atom is 0.328 e.